The molecule has 112 valence electrons. The van der Waals surface area contributed by atoms with E-state index < -0.39 is 6.10 Å². The van der Waals surface area contributed by atoms with Crippen molar-refractivity contribution in [2.75, 3.05) is 0 Å². The molecule has 0 bridgehead atoms. The second kappa shape index (κ2) is 6.04. The lowest BCUT2D eigenvalue weighted by atomic mass is 10.1. The van der Waals surface area contributed by atoms with E-state index >= 15 is 0 Å². The zero-order valence-corrected chi connectivity index (χ0v) is 12.8. The van der Waals surface area contributed by atoms with Crippen molar-refractivity contribution in [2.45, 2.75) is 12.6 Å². The number of aliphatic hydroxyl groups is 1. The Morgan fingerprint density at radius 3 is 2.86 bits per heavy atom. The highest BCUT2D eigenvalue weighted by molar-refractivity contribution is 6.35. The van der Waals surface area contributed by atoms with Crippen LogP contribution in [0.5, 0.6) is 0 Å². The van der Waals surface area contributed by atoms with Gasteiger partial charge < -0.3 is 5.11 Å². The monoisotopic (exact) mass is 335 g/mol. The molecule has 0 saturated carbocycles. The molecule has 22 heavy (non-hydrogen) atoms. The van der Waals surface area contributed by atoms with Crippen LogP contribution >= 0.6 is 23.2 Å². The fourth-order valence-electron chi connectivity index (χ4n) is 2.20. The Balaban J connectivity index is 1.96. The van der Waals surface area contributed by atoms with Crippen molar-refractivity contribution >= 4 is 34.1 Å². The van der Waals surface area contributed by atoms with Crippen molar-refractivity contribution in [3.8, 4) is 0 Å². The fraction of sp³-hybridized carbons (Fsp3) is 0.133. The molecule has 3 aromatic rings. The number of benzene rings is 1. The summed E-state index contributed by atoms with van der Waals surface area (Å²) < 4.78 is 1.35. The van der Waals surface area contributed by atoms with Gasteiger partial charge in [-0.05, 0) is 18.2 Å². The van der Waals surface area contributed by atoms with Crippen LogP contribution in [0.1, 0.15) is 11.7 Å². The number of aliphatic hydroxyl groups excluding tert-OH is 1. The van der Waals surface area contributed by atoms with E-state index in [1.54, 1.807) is 24.3 Å². The van der Waals surface area contributed by atoms with Gasteiger partial charge in [0.25, 0.3) is 5.56 Å². The Bertz CT molecular complexity index is 895. The van der Waals surface area contributed by atoms with Crippen LogP contribution in [-0.2, 0) is 6.54 Å². The second-order valence-corrected chi connectivity index (χ2v) is 5.62. The third-order valence-corrected chi connectivity index (χ3v) is 3.88. The van der Waals surface area contributed by atoms with Gasteiger partial charge in [-0.3, -0.25) is 14.3 Å². The van der Waals surface area contributed by atoms with Crippen LogP contribution in [0.3, 0.4) is 0 Å². The summed E-state index contributed by atoms with van der Waals surface area (Å²) in [5.41, 5.74) is 0.784. The lowest BCUT2D eigenvalue weighted by Crippen LogP contribution is -2.24. The van der Waals surface area contributed by atoms with E-state index in [0.29, 0.717) is 26.5 Å². The number of hydrogen-bond donors (Lipinski definition) is 1. The standard InChI is InChI=1S/C15H11Cl2N3O2/c16-9-1-2-10(12(17)5-9)14(21)7-20-8-19-13-6-18-4-3-11(13)15(20)22/h1-6,8,14,21H,7H2/t14-/m0/s1. The molecule has 0 radical (unpaired) electrons. The molecule has 0 saturated heterocycles. The summed E-state index contributed by atoms with van der Waals surface area (Å²) in [4.78, 5) is 20.4. The summed E-state index contributed by atoms with van der Waals surface area (Å²) in [6.45, 7) is 0.0471. The SMILES string of the molecule is O=c1c2ccncc2ncn1C[C@H](O)c1ccc(Cl)cc1Cl. The van der Waals surface area contributed by atoms with Crippen LogP contribution in [0, 0.1) is 0 Å². The van der Waals surface area contributed by atoms with Crippen LogP contribution in [0.4, 0.5) is 0 Å². The van der Waals surface area contributed by atoms with Crippen LogP contribution < -0.4 is 5.56 Å². The lowest BCUT2D eigenvalue weighted by Gasteiger charge is -2.14. The summed E-state index contributed by atoms with van der Waals surface area (Å²) >= 11 is 11.9. The highest BCUT2D eigenvalue weighted by Gasteiger charge is 2.14. The van der Waals surface area contributed by atoms with Gasteiger partial charge in [-0.25, -0.2) is 4.98 Å². The van der Waals surface area contributed by atoms with Gasteiger partial charge in [0.15, 0.2) is 0 Å². The minimum Gasteiger partial charge on any atom is -0.386 e. The van der Waals surface area contributed by atoms with E-state index in [2.05, 4.69) is 9.97 Å². The molecule has 2 heterocycles. The highest BCUT2D eigenvalue weighted by atomic mass is 35.5. The minimum absolute atomic E-state index is 0.0471. The van der Waals surface area contributed by atoms with Crippen molar-refractivity contribution in [1.29, 1.82) is 0 Å². The average molecular weight is 336 g/mol. The first-order valence-electron chi connectivity index (χ1n) is 6.48. The molecule has 0 aliphatic rings. The third kappa shape index (κ3) is 2.83. The summed E-state index contributed by atoms with van der Waals surface area (Å²) in [5.74, 6) is 0. The van der Waals surface area contributed by atoms with Gasteiger partial charge in [-0.15, -0.1) is 0 Å². The van der Waals surface area contributed by atoms with Crippen molar-refractivity contribution < 1.29 is 5.11 Å². The maximum Gasteiger partial charge on any atom is 0.261 e. The second-order valence-electron chi connectivity index (χ2n) is 4.78. The van der Waals surface area contributed by atoms with Crippen LogP contribution in [0.15, 0.2) is 47.8 Å². The Hall–Kier alpha value is -1.95. The molecule has 7 heteroatoms. The number of pyridine rings is 1. The molecule has 0 unspecified atom stereocenters. The van der Waals surface area contributed by atoms with Crippen LogP contribution in [0.2, 0.25) is 10.0 Å². The molecule has 0 fully saturated rings. The van der Waals surface area contributed by atoms with Crippen molar-refractivity contribution in [1.82, 2.24) is 14.5 Å². The zero-order valence-electron chi connectivity index (χ0n) is 11.3. The van der Waals surface area contributed by atoms with Crippen molar-refractivity contribution in [3.05, 3.63) is 68.9 Å². The van der Waals surface area contributed by atoms with Gasteiger partial charge in [0.1, 0.15) is 0 Å². The van der Waals surface area contributed by atoms with Gasteiger partial charge in [-0.2, -0.15) is 0 Å². The maximum absolute atomic E-state index is 12.4. The van der Waals surface area contributed by atoms with Gasteiger partial charge >= 0.3 is 0 Å². The largest absolute Gasteiger partial charge is 0.386 e. The summed E-state index contributed by atoms with van der Waals surface area (Å²) in [6, 6.07) is 6.43. The molecule has 3 rings (SSSR count). The van der Waals surface area contributed by atoms with E-state index in [1.165, 1.54) is 23.3 Å². The number of hydrogen-bond acceptors (Lipinski definition) is 4. The normalized spacial score (nSPS) is 12.5. The van der Waals surface area contributed by atoms with E-state index in [1.807, 2.05) is 0 Å². The molecule has 1 atom stereocenters. The molecular weight excluding hydrogens is 325 g/mol. The Kier molecular flexibility index (Phi) is 4.11. The molecule has 1 aromatic carbocycles. The summed E-state index contributed by atoms with van der Waals surface area (Å²) in [7, 11) is 0. The molecular formula is C15H11Cl2N3O2. The third-order valence-electron chi connectivity index (χ3n) is 3.32. The summed E-state index contributed by atoms with van der Waals surface area (Å²) in [5, 5.41) is 11.6. The topological polar surface area (TPSA) is 68.0 Å². The Morgan fingerprint density at radius 1 is 1.27 bits per heavy atom. The number of rotatable bonds is 3. The Morgan fingerprint density at radius 2 is 2.09 bits per heavy atom. The lowest BCUT2D eigenvalue weighted by molar-refractivity contribution is 0.155. The minimum atomic E-state index is -0.941. The average Bonchev–Trinajstić information content (AvgIpc) is 2.50. The van der Waals surface area contributed by atoms with E-state index in [0.717, 1.165) is 0 Å². The Labute approximate surface area is 135 Å². The predicted octanol–water partition coefficient (Wildman–Crippen LogP) is 2.83. The first-order chi connectivity index (χ1) is 10.6. The maximum atomic E-state index is 12.4. The molecule has 1 N–H and O–H groups in total. The predicted molar refractivity (Wildman–Crippen MR) is 85.2 cm³/mol. The van der Waals surface area contributed by atoms with Gasteiger partial charge in [0.05, 0.1) is 36.1 Å². The molecule has 0 spiro atoms. The van der Waals surface area contributed by atoms with Crippen molar-refractivity contribution in [2.24, 2.45) is 0 Å². The van der Waals surface area contributed by atoms with Crippen LogP contribution in [0.25, 0.3) is 10.9 Å². The zero-order chi connectivity index (χ0) is 15.7. The van der Waals surface area contributed by atoms with E-state index in [9.17, 15) is 9.90 Å². The molecule has 0 aliphatic carbocycles. The molecule has 5 nitrogen and oxygen atoms in total. The van der Waals surface area contributed by atoms with Gasteiger partial charge in [-0.1, -0.05) is 29.3 Å². The van der Waals surface area contributed by atoms with E-state index in [4.69, 9.17) is 23.2 Å². The smallest absolute Gasteiger partial charge is 0.261 e. The number of aromatic nitrogens is 3. The van der Waals surface area contributed by atoms with Gasteiger partial charge in [0.2, 0.25) is 0 Å². The highest BCUT2D eigenvalue weighted by Crippen LogP contribution is 2.27. The van der Waals surface area contributed by atoms with Gasteiger partial charge in [0, 0.05) is 21.8 Å². The molecule has 0 aliphatic heterocycles. The van der Waals surface area contributed by atoms with Crippen LogP contribution in [-0.4, -0.2) is 19.6 Å². The first-order valence-corrected chi connectivity index (χ1v) is 7.24. The quantitative estimate of drug-likeness (QED) is 0.799. The van der Waals surface area contributed by atoms with Crippen molar-refractivity contribution in [3.63, 3.8) is 0 Å². The summed E-state index contributed by atoms with van der Waals surface area (Å²) in [6.07, 6.45) is 3.50. The van der Waals surface area contributed by atoms with E-state index in [-0.39, 0.29) is 12.1 Å². The number of halogens is 2. The number of fused-ring (bicyclic) bond motifs is 1. The molecule has 0 amide bonds. The fourth-order valence-corrected chi connectivity index (χ4v) is 2.73. The first kappa shape index (κ1) is 15.0. The number of nitrogens with zero attached hydrogens (tertiary/aromatic N) is 3. The molecule has 2 aromatic heterocycles.